The number of aryl methyl sites for hydroxylation is 1. The van der Waals surface area contributed by atoms with Crippen molar-refractivity contribution in [3.05, 3.63) is 29.5 Å². The van der Waals surface area contributed by atoms with E-state index in [-0.39, 0.29) is 17.3 Å². The Morgan fingerprint density at radius 3 is 2.70 bits per heavy atom. The Bertz CT molecular complexity index is 766. The van der Waals surface area contributed by atoms with E-state index in [1.54, 1.807) is 0 Å². The number of alkyl halides is 3. The molecular formula is C13H13F3N6O. The molecule has 2 aromatic heterocycles. The molecule has 0 saturated heterocycles. The van der Waals surface area contributed by atoms with Gasteiger partial charge in [0.15, 0.2) is 5.69 Å². The van der Waals surface area contributed by atoms with Crippen LogP contribution in [0.15, 0.2) is 12.4 Å². The fraction of sp³-hybridized carbons (Fsp3) is 0.385. The lowest BCUT2D eigenvalue weighted by Gasteiger charge is -2.09. The number of hydrogen-bond acceptors (Lipinski definition) is 5. The van der Waals surface area contributed by atoms with E-state index in [1.807, 2.05) is 0 Å². The van der Waals surface area contributed by atoms with E-state index in [4.69, 9.17) is 5.73 Å². The zero-order valence-electron chi connectivity index (χ0n) is 12.1. The average molecular weight is 326 g/mol. The van der Waals surface area contributed by atoms with E-state index >= 15 is 0 Å². The molecule has 1 aliphatic rings. The lowest BCUT2D eigenvalue weighted by Crippen LogP contribution is -2.18. The van der Waals surface area contributed by atoms with Crippen LogP contribution in [0.3, 0.4) is 0 Å². The number of nitrogen functional groups attached to an aromatic ring is 1. The summed E-state index contributed by atoms with van der Waals surface area (Å²) < 4.78 is 39.6. The highest BCUT2D eigenvalue weighted by Gasteiger charge is 2.38. The number of amides is 1. The van der Waals surface area contributed by atoms with Crippen LogP contribution in [-0.2, 0) is 13.2 Å². The molecule has 1 saturated carbocycles. The number of rotatable bonds is 3. The van der Waals surface area contributed by atoms with Gasteiger partial charge in [0.1, 0.15) is 17.2 Å². The number of hydrogen-bond donors (Lipinski definition) is 2. The van der Waals surface area contributed by atoms with Gasteiger partial charge >= 0.3 is 6.18 Å². The van der Waals surface area contributed by atoms with Crippen molar-refractivity contribution < 1.29 is 18.0 Å². The van der Waals surface area contributed by atoms with Gasteiger partial charge < -0.3 is 11.1 Å². The largest absolute Gasteiger partial charge is 0.437 e. The molecule has 2 heterocycles. The van der Waals surface area contributed by atoms with Crippen molar-refractivity contribution in [2.45, 2.75) is 24.9 Å². The third-order valence-corrected chi connectivity index (χ3v) is 3.37. The Morgan fingerprint density at radius 2 is 2.13 bits per heavy atom. The van der Waals surface area contributed by atoms with Crippen molar-refractivity contribution in [2.24, 2.45) is 7.05 Å². The van der Waals surface area contributed by atoms with Gasteiger partial charge in [-0.1, -0.05) is 0 Å². The van der Waals surface area contributed by atoms with Crippen LogP contribution in [0.25, 0.3) is 0 Å². The molecule has 1 fully saturated rings. The summed E-state index contributed by atoms with van der Waals surface area (Å²) in [6.45, 7) is 0. The Morgan fingerprint density at radius 1 is 1.43 bits per heavy atom. The maximum Gasteiger partial charge on any atom is 0.437 e. The van der Waals surface area contributed by atoms with Crippen molar-refractivity contribution in [3.63, 3.8) is 0 Å². The molecule has 1 aliphatic carbocycles. The minimum atomic E-state index is -4.68. The van der Waals surface area contributed by atoms with Crippen LogP contribution in [0, 0.1) is 0 Å². The van der Waals surface area contributed by atoms with Gasteiger partial charge in [-0.2, -0.15) is 18.3 Å². The predicted molar refractivity (Wildman–Crippen MR) is 74.6 cm³/mol. The Labute approximate surface area is 128 Å². The Hall–Kier alpha value is -2.65. The zero-order valence-corrected chi connectivity index (χ0v) is 12.1. The summed E-state index contributed by atoms with van der Waals surface area (Å²) >= 11 is 0. The molecule has 0 unspecified atom stereocenters. The van der Waals surface area contributed by atoms with Crippen molar-refractivity contribution in [3.8, 4) is 0 Å². The van der Waals surface area contributed by atoms with Gasteiger partial charge in [0.2, 0.25) is 0 Å². The molecule has 0 aromatic carbocycles. The molecular weight excluding hydrogens is 313 g/mol. The van der Waals surface area contributed by atoms with Crippen LogP contribution in [0.2, 0.25) is 0 Å². The fourth-order valence-corrected chi connectivity index (χ4v) is 2.10. The lowest BCUT2D eigenvalue weighted by molar-refractivity contribution is -0.140. The first-order valence-corrected chi connectivity index (χ1v) is 6.80. The number of nitrogens with one attached hydrogen (secondary N) is 1. The molecule has 122 valence electrons. The third-order valence-electron chi connectivity index (χ3n) is 3.37. The second kappa shape index (κ2) is 5.21. The predicted octanol–water partition coefficient (Wildman–Crippen LogP) is 1.94. The lowest BCUT2D eigenvalue weighted by atomic mass is 10.2. The van der Waals surface area contributed by atoms with E-state index in [1.165, 1.54) is 13.2 Å². The first-order valence-electron chi connectivity index (χ1n) is 6.80. The van der Waals surface area contributed by atoms with Crippen molar-refractivity contribution >= 4 is 17.4 Å². The summed E-state index contributed by atoms with van der Waals surface area (Å²) in [5, 5.41) is 5.47. The van der Waals surface area contributed by atoms with Crippen LogP contribution in [-0.4, -0.2) is 25.7 Å². The van der Waals surface area contributed by atoms with Gasteiger partial charge in [-0.15, -0.1) is 0 Å². The van der Waals surface area contributed by atoms with Gasteiger partial charge in [0, 0.05) is 25.4 Å². The number of anilines is 2. The van der Waals surface area contributed by atoms with Crippen molar-refractivity contribution in [1.29, 1.82) is 0 Å². The zero-order chi connectivity index (χ0) is 16.8. The second-order valence-corrected chi connectivity index (χ2v) is 5.32. The minimum Gasteiger partial charge on any atom is -0.383 e. The normalized spacial score (nSPS) is 14.8. The maximum absolute atomic E-state index is 12.9. The molecule has 3 N–H and O–H groups in total. The molecule has 7 nitrogen and oxygen atoms in total. The highest BCUT2D eigenvalue weighted by molar-refractivity contribution is 6.07. The van der Waals surface area contributed by atoms with Crippen LogP contribution in [0.5, 0.6) is 0 Å². The molecule has 0 atom stereocenters. The van der Waals surface area contributed by atoms with E-state index in [9.17, 15) is 18.0 Å². The summed E-state index contributed by atoms with van der Waals surface area (Å²) in [4.78, 5) is 20.2. The van der Waals surface area contributed by atoms with Gasteiger partial charge in [0.05, 0.1) is 5.69 Å². The Kier molecular flexibility index (Phi) is 3.46. The van der Waals surface area contributed by atoms with E-state index in [0.717, 1.165) is 23.7 Å². The number of nitrogens with two attached hydrogens (primary N) is 1. The van der Waals surface area contributed by atoms with E-state index < -0.39 is 23.5 Å². The third kappa shape index (κ3) is 3.10. The summed E-state index contributed by atoms with van der Waals surface area (Å²) in [5.41, 5.74) is 4.01. The number of carbonyl (C=O) groups excluding carboxylic acids is 1. The van der Waals surface area contributed by atoms with Gasteiger partial charge in [-0.3, -0.25) is 9.48 Å². The first-order chi connectivity index (χ1) is 10.8. The second-order valence-electron chi connectivity index (χ2n) is 5.32. The highest BCUT2D eigenvalue weighted by Crippen LogP contribution is 2.38. The van der Waals surface area contributed by atoms with Gasteiger partial charge in [-0.25, -0.2) is 9.97 Å². The van der Waals surface area contributed by atoms with Crippen LogP contribution in [0.4, 0.5) is 24.7 Å². The first kappa shape index (κ1) is 15.3. The fourth-order valence-electron chi connectivity index (χ4n) is 2.10. The number of aromatic nitrogens is 4. The topological polar surface area (TPSA) is 98.7 Å². The molecule has 0 aliphatic heterocycles. The molecule has 2 aromatic rings. The van der Waals surface area contributed by atoms with Crippen LogP contribution >= 0.6 is 0 Å². The summed E-state index contributed by atoms with van der Waals surface area (Å²) in [6, 6.07) is 0. The van der Waals surface area contributed by atoms with Gasteiger partial charge in [0.25, 0.3) is 5.91 Å². The summed E-state index contributed by atoms with van der Waals surface area (Å²) in [7, 11) is 1.33. The Balaban J connectivity index is 1.85. The standard InChI is InChI=1S/C13H13F3N6O/c1-22-5-8(9(21-22)13(14,15)16)19-12(23)7-4-18-11(6-2-3-6)20-10(7)17/h4-6H,2-3H2,1H3,(H,19,23)(H2,17,18,20). The SMILES string of the molecule is Cn1cc(NC(=O)c2cnc(C3CC3)nc2N)c(C(F)(F)F)n1. The molecule has 1 amide bonds. The summed E-state index contributed by atoms with van der Waals surface area (Å²) in [6.07, 6.45) is -0.446. The molecule has 3 rings (SSSR count). The van der Waals surface area contributed by atoms with E-state index in [2.05, 4.69) is 20.4 Å². The molecule has 0 bridgehead atoms. The molecule has 23 heavy (non-hydrogen) atoms. The molecule has 0 radical (unpaired) electrons. The van der Waals surface area contributed by atoms with Crippen LogP contribution < -0.4 is 11.1 Å². The number of halogens is 3. The van der Waals surface area contributed by atoms with E-state index in [0.29, 0.717) is 5.82 Å². The van der Waals surface area contributed by atoms with Crippen molar-refractivity contribution in [1.82, 2.24) is 19.7 Å². The van der Waals surface area contributed by atoms with Crippen molar-refractivity contribution in [2.75, 3.05) is 11.1 Å². The molecule has 10 heteroatoms. The smallest absolute Gasteiger partial charge is 0.383 e. The number of carbonyl (C=O) groups is 1. The highest BCUT2D eigenvalue weighted by atomic mass is 19.4. The monoisotopic (exact) mass is 326 g/mol. The quantitative estimate of drug-likeness (QED) is 0.898. The van der Waals surface area contributed by atoms with Crippen LogP contribution in [0.1, 0.15) is 40.6 Å². The summed E-state index contributed by atoms with van der Waals surface area (Å²) in [5.74, 6) is -0.0684. The molecule has 0 spiro atoms. The average Bonchev–Trinajstić information content (AvgIpc) is 3.21. The maximum atomic E-state index is 12.9. The van der Waals surface area contributed by atoms with Gasteiger partial charge in [-0.05, 0) is 12.8 Å². The minimum absolute atomic E-state index is 0.0585. The number of nitrogens with zero attached hydrogens (tertiary/aromatic N) is 4.